The Morgan fingerprint density at radius 2 is 1.89 bits per heavy atom. The lowest BCUT2D eigenvalue weighted by Crippen LogP contribution is -2.43. The first-order valence-corrected chi connectivity index (χ1v) is 9.16. The highest BCUT2D eigenvalue weighted by Gasteiger charge is 2.15. The summed E-state index contributed by atoms with van der Waals surface area (Å²) in [5.74, 6) is 0.915. The molecular formula is C11H26IN3O2S2. The van der Waals surface area contributed by atoms with Crippen LogP contribution in [0.25, 0.3) is 0 Å². The van der Waals surface area contributed by atoms with Crippen molar-refractivity contribution in [2.24, 2.45) is 4.99 Å². The van der Waals surface area contributed by atoms with E-state index in [2.05, 4.69) is 35.7 Å². The number of halogens is 1. The van der Waals surface area contributed by atoms with Gasteiger partial charge in [0, 0.05) is 31.1 Å². The van der Waals surface area contributed by atoms with Crippen molar-refractivity contribution in [2.45, 2.75) is 25.0 Å². The zero-order chi connectivity index (χ0) is 14.2. The summed E-state index contributed by atoms with van der Waals surface area (Å²) in [5.41, 5.74) is 0. The molecule has 0 aromatic carbocycles. The standard InChI is InChI=1S/C11H25N3O2S2.HI/c1-11(2,17-4)9-14-10(12-3)13-7-6-8-18(5,15)16;/h6-9H2,1-5H3,(H2,12,13,14);1H. The van der Waals surface area contributed by atoms with Gasteiger partial charge in [-0.2, -0.15) is 11.8 Å². The molecule has 0 spiro atoms. The number of hydrogen-bond donors (Lipinski definition) is 2. The Morgan fingerprint density at radius 3 is 2.32 bits per heavy atom. The largest absolute Gasteiger partial charge is 0.356 e. The van der Waals surface area contributed by atoms with E-state index in [9.17, 15) is 8.42 Å². The predicted molar refractivity (Wildman–Crippen MR) is 96.7 cm³/mol. The van der Waals surface area contributed by atoms with Crippen LogP contribution < -0.4 is 10.6 Å². The molecule has 0 aliphatic rings. The van der Waals surface area contributed by atoms with E-state index in [0.717, 1.165) is 6.54 Å². The van der Waals surface area contributed by atoms with E-state index < -0.39 is 9.84 Å². The molecule has 0 heterocycles. The second kappa shape index (κ2) is 10.1. The molecule has 116 valence electrons. The Morgan fingerprint density at radius 1 is 1.32 bits per heavy atom. The first kappa shape index (κ1) is 21.6. The molecule has 5 nitrogen and oxygen atoms in total. The number of rotatable bonds is 7. The maximum Gasteiger partial charge on any atom is 0.191 e. The van der Waals surface area contributed by atoms with Crippen LogP contribution in [0.4, 0.5) is 0 Å². The van der Waals surface area contributed by atoms with Gasteiger partial charge in [0.2, 0.25) is 0 Å². The van der Waals surface area contributed by atoms with Gasteiger partial charge in [-0.25, -0.2) is 8.42 Å². The third-order valence-corrected chi connectivity index (χ3v) is 4.72. The van der Waals surface area contributed by atoms with Crippen LogP contribution in [0.15, 0.2) is 4.99 Å². The summed E-state index contributed by atoms with van der Waals surface area (Å²) >= 11 is 1.79. The van der Waals surface area contributed by atoms with Gasteiger partial charge in [0.25, 0.3) is 0 Å². The van der Waals surface area contributed by atoms with Crippen LogP contribution in [-0.4, -0.2) is 57.5 Å². The lowest BCUT2D eigenvalue weighted by molar-refractivity contribution is 0.598. The molecule has 0 unspecified atom stereocenters. The van der Waals surface area contributed by atoms with Gasteiger partial charge in [-0.3, -0.25) is 4.99 Å². The van der Waals surface area contributed by atoms with E-state index in [1.165, 1.54) is 6.26 Å². The molecule has 0 bridgehead atoms. The van der Waals surface area contributed by atoms with Crippen LogP contribution in [0, 0.1) is 0 Å². The normalized spacial score (nSPS) is 12.8. The number of hydrogen-bond acceptors (Lipinski definition) is 4. The molecular weight excluding hydrogens is 397 g/mol. The Bertz CT molecular complexity index is 370. The van der Waals surface area contributed by atoms with E-state index >= 15 is 0 Å². The SMILES string of the molecule is CN=C(NCCCS(C)(=O)=O)NCC(C)(C)SC.I. The van der Waals surface area contributed by atoms with Gasteiger partial charge < -0.3 is 10.6 Å². The zero-order valence-electron chi connectivity index (χ0n) is 12.3. The van der Waals surface area contributed by atoms with Crippen LogP contribution in [-0.2, 0) is 9.84 Å². The van der Waals surface area contributed by atoms with Gasteiger partial charge in [0.05, 0.1) is 5.75 Å². The maximum atomic E-state index is 11.0. The average molecular weight is 423 g/mol. The monoisotopic (exact) mass is 423 g/mol. The number of thioether (sulfide) groups is 1. The average Bonchev–Trinajstić information content (AvgIpc) is 2.27. The molecule has 0 aromatic rings. The van der Waals surface area contributed by atoms with Crippen molar-refractivity contribution < 1.29 is 8.42 Å². The summed E-state index contributed by atoms with van der Waals surface area (Å²) in [4.78, 5) is 4.10. The second-order valence-electron chi connectivity index (χ2n) is 4.80. The fourth-order valence-electron chi connectivity index (χ4n) is 1.13. The summed E-state index contributed by atoms with van der Waals surface area (Å²) < 4.78 is 22.1. The zero-order valence-corrected chi connectivity index (χ0v) is 16.3. The number of sulfone groups is 1. The molecule has 0 saturated carbocycles. The van der Waals surface area contributed by atoms with Crippen LogP contribution in [0.5, 0.6) is 0 Å². The number of nitrogens with zero attached hydrogens (tertiary/aromatic N) is 1. The lowest BCUT2D eigenvalue weighted by Gasteiger charge is -2.23. The van der Waals surface area contributed by atoms with Gasteiger partial charge in [0.15, 0.2) is 5.96 Å². The molecule has 8 heteroatoms. The smallest absolute Gasteiger partial charge is 0.191 e. The minimum atomic E-state index is -2.87. The molecule has 0 aliphatic heterocycles. The van der Waals surface area contributed by atoms with Crippen LogP contribution >= 0.6 is 35.7 Å². The molecule has 19 heavy (non-hydrogen) atoms. The third-order valence-electron chi connectivity index (χ3n) is 2.44. The van der Waals surface area contributed by atoms with Gasteiger partial charge in [-0.1, -0.05) is 0 Å². The number of guanidine groups is 1. The highest BCUT2D eigenvalue weighted by molar-refractivity contribution is 14.0. The van der Waals surface area contributed by atoms with E-state index in [-0.39, 0.29) is 34.5 Å². The van der Waals surface area contributed by atoms with Crippen LogP contribution in [0.3, 0.4) is 0 Å². The fraction of sp³-hybridized carbons (Fsp3) is 0.909. The third kappa shape index (κ3) is 13.1. The highest BCUT2D eigenvalue weighted by atomic mass is 127. The van der Waals surface area contributed by atoms with Crippen LogP contribution in [0.2, 0.25) is 0 Å². The Labute approximate surface area is 138 Å². The number of aliphatic imine (C=N–C) groups is 1. The van der Waals surface area contributed by atoms with Crippen molar-refractivity contribution in [1.29, 1.82) is 0 Å². The Hall–Kier alpha value is 0.300. The quantitative estimate of drug-likeness (QED) is 0.280. The van der Waals surface area contributed by atoms with Crippen molar-refractivity contribution in [3.8, 4) is 0 Å². The summed E-state index contributed by atoms with van der Waals surface area (Å²) in [6, 6.07) is 0. The fourth-order valence-corrected chi connectivity index (χ4v) is 2.02. The predicted octanol–water partition coefficient (Wildman–Crippen LogP) is 1.35. The van der Waals surface area contributed by atoms with Crippen molar-refractivity contribution in [3.05, 3.63) is 0 Å². The van der Waals surface area contributed by atoms with Crippen molar-refractivity contribution >= 4 is 51.5 Å². The van der Waals surface area contributed by atoms with Gasteiger partial charge in [-0.15, -0.1) is 24.0 Å². The van der Waals surface area contributed by atoms with Crippen molar-refractivity contribution in [3.63, 3.8) is 0 Å². The second-order valence-corrected chi connectivity index (χ2v) is 8.57. The molecule has 0 fully saturated rings. The minimum Gasteiger partial charge on any atom is -0.356 e. The molecule has 0 saturated heterocycles. The Kier molecular flexibility index (Phi) is 11.5. The molecule has 0 radical (unpaired) electrons. The lowest BCUT2D eigenvalue weighted by atomic mass is 10.2. The van der Waals surface area contributed by atoms with Crippen molar-refractivity contribution in [2.75, 3.05) is 38.4 Å². The van der Waals surface area contributed by atoms with Crippen molar-refractivity contribution in [1.82, 2.24) is 10.6 Å². The van der Waals surface area contributed by atoms with E-state index in [4.69, 9.17) is 0 Å². The molecule has 2 N–H and O–H groups in total. The first-order chi connectivity index (χ1) is 8.20. The van der Waals surface area contributed by atoms with E-state index in [0.29, 0.717) is 18.9 Å². The van der Waals surface area contributed by atoms with E-state index in [1.807, 2.05) is 0 Å². The van der Waals surface area contributed by atoms with Crippen LogP contribution in [0.1, 0.15) is 20.3 Å². The summed E-state index contributed by atoms with van der Waals surface area (Å²) in [6.45, 7) is 5.72. The first-order valence-electron chi connectivity index (χ1n) is 5.87. The molecule has 0 atom stereocenters. The molecule has 0 rings (SSSR count). The molecule has 0 aliphatic carbocycles. The maximum absolute atomic E-state index is 11.0. The van der Waals surface area contributed by atoms with Gasteiger partial charge in [-0.05, 0) is 26.5 Å². The summed E-state index contributed by atoms with van der Waals surface area (Å²) in [7, 11) is -1.17. The van der Waals surface area contributed by atoms with Gasteiger partial charge >= 0.3 is 0 Å². The molecule has 0 aromatic heterocycles. The number of nitrogens with one attached hydrogen (secondary N) is 2. The summed E-state index contributed by atoms with van der Waals surface area (Å²) in [6.07, 6.45) is 3.91. The minimum absolute atomic E-state index is 0. The highest BCUT2D eigenvalue weighted by Crippen LogP contribution is 2.19. The van der Waals surface area contributed by atoms with E-state index in [1.54, 1.807) is 18.8 Å². The summed E-state index contributed by atoms with van der Waals surface area (Å²) in [5, 5.41) is 6.33. The molecule has 0 amide bonds. The topological polar surface area (TPSA) is 70.6 Å². The van der Waals surface area contributed by atoms with Gasteiger partial charge in [0.1, 0.15) is 9.84 Å². The Balaban J connectivity index is 0.